The molecule has 2 amide bonds. The molecule has 0 saturated heterocycles. The molecule has 0 radical (unpaired) electrons. The highest BCUT2D eigenvalue weighted by Gasteiger charge is 2.25. The molecule has 2 rings (SSSR count). The SMILES string of the molecule is COc1ccc(NC(=O)N(C)CC2CCCCC2O)cc1Cl. The van der Waals surface area contributed by atoms with Gasteiger partial charge in [-0.3, -0.25) is 0 Å². The number of benzene rings is 1. The third-order valence-electron chi connectivity index (χ3n) is 4.13. The summed E-state index contributed by atoms with van der Waals surface area (Å²) in [5.74, 6) is 0.724. The fourth-order valence-corrected chi connectivity index (χ4v) is 3.06. The number of aliphatic hydroxyl groups excluding tert-OH is 1. The molecule has 1 saturated carbocycles. The average molecular weight is 327 g/mol. The number of hydrogen-bond donors (Lipinski definition) is 2. The maximum Gasteiger partial charge on any atom is 0.321 e. The Morgan fingerprint density at radius 2 is 2.18 bits per heavy atom. The van der Waals surface area contributed by atoms with Gasteiger partial charge in [-0.1, -0.05) is 24.4 Å². The molecule has 1 fully saturated rings. The molecule has 6 heteroatoms. The number of rotatable bonds is 4. The van der Waals surface area contributed by atoms with Crippen molar-refractivity contribution in [3.8, 4) is 5.75 Å². The Morgan fingerprint density at radius 3 is 2.82 bits per heavy atom. The lowest BCUT2D eigenvalue weighted by Crippen LogP contribution is -2.40. The van der Waals surface area contributed by atoms with Crippen LogP contribution in [-0.2, 0) is 0 Å². The smallest absolute Gasteiger partial charge is 0.321 e. The quantitative estimate of drug-likeness (QED) is 0.891. The molecule has 0 aliphatic heterocycles. The van der Waals surface area contributed by atoms with E-state index in [9.17, 15) is 9.90 Å². The van der Waals surface area contributed by atoms with Crippen LogP contribution in [0.5, 0.6) is 5.75 Å². The van der Waals surface area contributed by atoms with E-state index in [1.807, 2.05) is 0 Å². The first-order valence-electron chi connectivity index (χ1n) is 7.55. The van der Waals surface area contributed by atoms with Crippen LogP contribution < -0.4 is 10.1 Å². The number of methoxy groups -OCH3 is 1. The summed E-state index contributed by atoms with van der Waals surface area (Å²) in [5, 5.41) is 13.2. The maximum atomic E-state index is 12.2. The van der Waals surface area contributed by atoms with Gasteiger partial charge in [-0.25, -0.2) is 4.79 Å². The molecule has 2 N–H and O–H groups in total. The zero-order valence-corrected chi connectivity index (χ0v) is 13.8. The van der Waals surface area contributed by atoms with Gasteiger partial charge in [0.05, 0.1) is 18.2 Å². The number of nitrogens with zero attached hydrogens (tertiary/aromatic N) is 1. The number of hydrogen-bond acceptors (Lipinski definition) is 3. The van der Waals surface area contributed by atoms with E-state index in [4.69, 9.17) is 16.3 Å². The van der Waals surface area contributed by atoms with E-state index in [1.54, 1.807) is 37.3 Å². The molecule has 0 spiro atoms. The highest BCUT2D eigenvalue weighted by atomic mass is 35.5. The van der Waals surface area contributed by atoms with Crippen molar-refractivity contribution in [3.63, 3.8) is 0 Å². The highest BCUT2D eigenvalue weighted by Crippen LogP contribution is 2.28. The van der Waals surface area contributed by atoms with Gasteiger partial charge < -0.3 is 20.1 Å². The van der Waals surface area contributed by atoms with Gasteiger partial charge in [0, 0.05) is 25.2 Å². The summed E-state index contributed by atoms with van der Waals surface area (Å²) >= 11 is 6.04. The predicted molar refractivity (Wildman–Crippen MR) is 87.6 cm³/mol. The fourth-order valence-electron chi connectivity index (χ4n) is 2.80. The van der Waals surface area contributed by atoms with E-state index in [0.29, 0.717) is 23.0 Å². The molecule has 2 unspecified atom stereocenters. The molecule has 2 atom stereocenters. The van der Waals surface area contributed by atoms with Crippen LogP contribution in [0.25, 0.3) is 0 Å². The second-order valence-electron chi connectivity index (χ2n) is 5.77. The van der Waals surface area contributed by atoms with Crippen LogP contribution in [0.2, 0.25) is 5.02 Å². The van der Waals surface area contributed by atoms with Gasteiger partial charge in [0.15, 0.2) is 0 Å². The number of urea groups is 1. The van der Waals surface area contributed by atoms with Crippen LogP contribution in [-0.4, -0.2) is 42.8 Å². The molecule has 22 heavy (non-hydrogen) atoms. The molecule has 0 bridgehead atoms. The van der Waals surface area contributed by atoms with E-state index in [2.05, 4.69) is 5.32 Å². The van der Waals surface area contributed by atoms with Gasteiger partial charge in [-0.15, -0.1) is 0 Å². The largest absolute Gasteiger partial charge is 0.495 e. The highest BCUT2D eigenvalue weighted by molar-refractivity contribution is 6.32. The summed E-state index contributed by atoms with van der Waals surface area (Å²) < 4.78 is 5.08. The van der Waals surface area contributed by atoms with Crippen LogP contribution in [0.1, 0.15) is 25.7 Å². The Bertz CT molecular complexity index is 524. The summed E-state index contributed by atoms with van der Waals surface area (Å²) in [4.78, 5) is 13.8. The lowest BCUT2D eigenvalue weighted by Gasteiger charge is -2.31. The second-order valence-corrected chi connectivity index (χ2v) is 6.18. The minimum atomic E-state index is -0.306. The zero-order chi connectivity index (χ0) is 16.1. The molecule has 1 aromatic carbocycles. The van der Waals surface area contributed by atoms with Crippen molar-refractivity contribution in [2.75, 3.05) is 26.0 Å². The third kappa shape index (κ3) is 4.27. The first-order valence-corrected chi connectivity index (χ1v) is 7.92. The van der Waals surface area contributed by atoms with Crippen molar-refractivity contribution in [3.05, 3.63) is 23.2 Å². The zero-order valence-electron chi connectivity index (χ0n) is 13.0. The normalized spacial score (nSPS) is 21.3. The van der Waals surface area contributed by atoms with Crippen LogP contribution >= 0.6 is 11.6 Å². The average Bonchev–Trinajstić information content (AvgIpc) is 2.49. The van der Waals surface area contributed by atoms with Crippen LogP contribution in [0, 0.1) is 5.92 Å². The summed E-state index contributed by atoms with van der Waals surface area (Å²) in [5.41, 5.74) is 0.617. The van der Waals surface area contributed by atoms with Gasteiger partial charge in [-0.05, 0) is 31.0 Å². The Kier molecular flexibility index (Phi) is 5.91. The van der Waals surface area contributed by atoms with E-state index < -0.39 is 0 Å². The minimum Gasteiger partial charge on any atom is -0.495 e. The minimum absolute atomic E-state index is 0.156. The molecule has 5 nitrogen and oxygen atoms in total. The van der Waals surface area contributed by atoms with Crippen LogP contribution in [0.4, 0.5) is 10.5 Å². The predicted octanol–water partition coefficient (Wildman–Crippen LogP) is 3.36. The molecular formula is C16H23ClN2O3. The maximum absolute atomic E-state index is 12.2. The Morgan fingerprint density at radius 1 is 1.45 bits per heavy atom. The van der Waals surface area contributed by atoms with Crippen molar-refractivity contribution in [1.82, 2.24) is 4.90 Å². The summed E-state index contributed by atoms with van der Waals surface area (Å²) in [7, 11) is 3.28. The molecule has 1 aliphatic rings. The number of aliphatic hydroxyl groups is 1. The number of nitrogens with one attached hydrogen (secondary N) is 1. The van der Waals surface area contributed by atoms with Gasteiger partial charge in [0.1, 0.15) is 5.75 Å². The molecule has 1 aromatic rings. The topological polar surface area (TPSA) is 61.8 Å². The van der Waals surface area contributed by atoms with Gasteiger partial charge in [0.25, 0.3) is 0 Å². The summed E-state index contributed by atoms with van der Waals surface area (Å²) in [6.07, 6.45) is 3.67. The van der Waals surface area contributed by atoms with Crippen molar-refractivity contribution >= 4 is 23.3 Å². The number of carbonyl (C=O) groups is 1. The van der Waals surface area contributed by atoms with E-state index >= 15 is 0 Å². The molecule has 0 heterocycles. The van der Waals surface area contributed by atoms with Gasteiger partial charge in [0.2, 0.25) is 0 Å². The Balaban J connectivity index is 1.92. The number of anilines is 1. The molecular weight excluding hydrogens is 304 g/mol. The molecule has 122 valence electrons. The van der Waals surface area contributed by atoms with Crippen LogP contribution in [0.3, 0.4) is 0 Å². The summed E-state index contributed by atoms with van der Waals surface area (Å²) in [6, 6.07) is 4.90. The Hall–Kier alpha value is -1.46. The number of amides is 2. The van der Waals surface area contributed by atoms with Crippen molar-refractivity contribution in [2.45, 2.75) is 31.8 Å². The number of ether oxygens (including phenoxy) is 1. The first kappa shape index (κ1) is 16.9. The lowest BCUT2D eigenvalue weighted by molar-refractivity contribution is 0.0575. The first-order chi connectivity index (χ1) is 10.5. The summed E-state index contributed by atoms with van der Waals surface area (Å²) in [6.45, 7) is 0.552. The third-order valence-corrected chi connectivity index (χ3v) is 4.42. The van der Waals surface area contributed by atoms with Crippen LogP contribution in [0.15, 0.2) is 18.2 Å². The Labute approximate surface area is 136 Å². The fraction of sp³-hybridized carbons (Fsp3) is 0.562. The van der Waals surface area contributed by atoms with Crippen molar-refractivity contribution in [2.24, 2.45) is 5.92 Å². The van der Waals surface area contributed by atoms with Gasteiger partial charge in [-0.2, -0.15) is 0 Å². The standard InChI is InChI=1S/C16H23ClN2O3/c1-19(10-11-5-3-4-6-14(11)20)16(21)18-12-7-8-15(22-2)13(17)9-12/h7-9,11,14,20H,3-6,10H2,1-2H3,(H,18,21). The molecule has 0 aromatic heterocycles. The van der Waals surface area contributed by atoms with Crippen molar-refractivity contribution < 1.29 is 14.6 Å². The van der Waals surface area contributed by atoms with Crippen molar-refractivity contribution in [1.29, 1.82) is 0 Å². The second kappa shape index (κ2) is 7.70. The lowest BCUT2D eigenvalue weighted by atomic mass is 9.86. The van der Waals surface area contributed by atoms with Gasteiger partial charge >= 0.3 is 6.03 Å². The monoisotopic (exact) mass is 326 g/mol. The van der Waals surface area contributed by atoms with E-state index in [-0.39, 0.29) is 18.1 Å². The number of halogens is 1. The molecule has 1 aliphatic carbocycles. The van der Waals surface area contributed by atoms with E-state index in [1.165, 1.54) is 0 Å². The number of carbonyl (C=O) groups excluding carboxylic acids is 1. The van der Waals surface area contributed by atoms with E-state index in [0.717, 1.165) is 25.7 Å².